The van der Waals surface area contributed by atoms with E-state index in [9.17, 15) is 9.59 Å². The van der Waals surface area contributed by atoms with Gasteiger partial charge >= 0.3 is 6.09 Å². The Kier molecular flexibility index (Phi) is 6.47. The zero-order valence-electron chi connectivity index (χ0n) is 17.9. The van der Waals surface area contributed by atoms with Crippen molar-refractivity contribution in [3.63, 3.8) is 0 Å². The lowest BCUT2D eigenvalue weighted by molar-refractivity contribution is -0.121. The van der Waals surface area contributed by atoms with Crippen molar-refractivity contribution < 1.29 is 14.3 Å². The first kappa shape index (κ1) is 21.2. The van der Waals surface area contributed by atoms with E-state index < -0.39 is 5.60 Å². The number of carbonyl (C=O) groups excluding carboxylic acids is 2. The molecule has 0 aliphatic carbocycles. The number of benzene rings is 1. The second kappa shape index (κ2) is 8.86. The Hall–Kier alpha value is -2.54. The van der Waals surface area contributed by atoms with Crippen LogP contribution < -0.4 is 5.32 Å². The lowest BCUT2D eigenvalue weighted by atomic mass is 10.2. The predicted molar refractivity (Wildman–Crippen MR) is 114 cm³/mol. The molecule has 1 aromatic carbocycles. The van der Waals surface area contributed by atoms with E-state index in [0.717, 1.165) is 36.2 Å². The molecule has 29 heavy (non-hydrogen) atoms. The molecule has 0 atom stereocenters. The molecule has 1 aromatic heterocycles. The number of aryl methyl sites for hydroxylation is 1. The summed E-state index contributed by atoms with van der Waals surface area (Å²) in [4.78, 5) is 28.5. The third-order valence-electron chi connectivity index (χ3n) is 5.09. The van der Waals surface area contributed by atoms with E-state index in [-0.39, 0.29) is 12.0 Å². The summed E-state index contributed by atoms with van der Waals surface area (Å²) < 4.78 is 7.47. The molecule has 1 N–H and O–H groups in total. The SMILES string of the molecule is Cc1cc2ccccc2n1CC(=O)NCCN1CCN(C(=O)OC(C)(C)C)CC1. The Morgan fingerprint density at radius 2 is 1.79 bits per heavy atom. The van der Waals surface area contributed by atoms with Crippen molar-refractivity contribution in [2.45, 2.75) is 39.8 Å². The van der Waals surface area contributed by atoms with E-state index in [1.807, 2.05) is 50.5 Å². The number of para-hydroxylation sites is 1. The van der Waals surface area contributed by atoms with E-state index in [4.69, 9.17) is 4.74 Å². The molecule has 0 radical (unpaired) electrons. The molecule has 158 valence electrons. The fourth-order valence-corrected chi connectivity index (χ4v) is 3.59. The number of nitrogens with one attached hydrogen (secondary N) is 1. The number of nitrogens with zero attached hydrogens (tertiary/aromatic N) is 3. The summed E-state index contributed by atoms with van der Waals surface area (Å²) in [6, 6.07) is 10.2. The van der Waals surface area contributed by atoms with Crippen LogP contribution in [0.3, 0.4) is 0 Å². The number of ether oxygens (including phenoxy) is 1. The van der Waals surface area contributed by atoms with Gasteiger partial charge in [0.05, 0.1) is 0 Å². The van der Waals surface area contributed by atoms with Gasteiger partial charge in [0.2, 0.25) is 5.91 Å². The van der Waals surface area contributed by atoms with Crippen molar-refractivity contribution in [3.8, 4) is 0 Å². The zero-order valence-corrected chi connectivity index (χ0v) is 17.9. The first-order chi connectivity index (χ1) is 13.7. The number of hydrogen-bond donors (Lipinski definition) is 1. The van der Waals surface area contributed by atoms with Crippen molar-refractivity contribution in [2.24, 2.45) is 0 Å². The van der Waals surface area contributed by atoms with Gasteiger partial charge in [0, 0.05) is 50.5 Å². The normalized spacial score (nSPS) is 15.5. The van der Waals surface area contributed by atoms with E-state index >= 15 is 0 Å². The van der Waals surface area contributed by atoms with Gasteiger partial charge in [0.15, 0.2) is 0 Å². The zero-order chi connectivity index (χ0) is 21.0. The first-order valence-electron chi connectivity index (χ1n) is 10.2. The van der Waals surface area contributed by atoms with Crippen LogP contribution in [0.2, 0.25) is 0 Å². The molecule has 7 nitrogen and oxygen atoms in total. The van der Waals surface area contributed by atoms with Crippen molar-refractivity contribution in [1.29, 1.82) is 0 Å². The van der Waals surface area contributed by atoms with Crippen LogP contribution in [-0.4, -0.2) is 71.2 Å². The lowest BCUT2D eigenvalue weighted by Crippen LogP contribution is -2.51. The van der Waals surface area contributed by atoms with Gasteiger partial charge < -0.3 is 19.5 Å². The van der Waals surface area contributed by atoms with E-state index in [0.29, 0.717) is 26.2 Å². The third kappa shape index (κ3) is 5.73. The minimum absolute atomic E-state index is 0.0156. The molecule has 2 amide bonds. The molecule has 2 aromatic rings. The largest absolute Gasteiger partial charge is 0.444 e. The highest BCUT2D eigenvalue weighted by molar-refractivity contribution is 5.84. The average Bonchev–Trinajstić information content (AvgIpc) is 2.96. The molecule has 0 saturated carbocycles. The summed E-state index contributed by atoms with van der Waals surface area (Å²) in [5, 5.41) is 4.17. The quantitative estimate of drug-likeness (QED) is 0.838. The van der Waals surface area contributed by atoms with E-state index in [1.54, 1.807) is 4.90 Å². The van der Waals surface area contributed by atoms with E-state index in [2.05, 4.69) is 22.3 Å². The maximum absolute atomic E-state index is 12.4. The molecule has 7 heteroatoms. The second-order valence-corrected chi connectivity index (χ2v) is 8.59. The Labute approximate surface area is 172 Å². The Balaban J connectivity index is 1.40. The summed E-state index contributed by atoms with van der Waals surface area (Å²) in [5.41, 5.74) is 1.69. The first-order valence-corrected chi connectivity index (χ1v) is 10.2. The summed E-state index contributed by atoms with van der Waals surface area (Å²) in [6.07, 6.45) is -0.250. The van der Waals surface area contributed by atoms with Crippen LogP contribution in [-0.2, 0) is 16.1 Å². The van der Waals surface area contributed by atoms with Crippen LogP contribution in [0.1, 0.15) is 26.5 Å². The summed E-state index contributed by atoms with van der Waals surface area (Å²) in [7, 11) is 0. The lowest BCUT2D eigenvalue weighted by Gasteiger charge is -2.35. The molecule has 1 aliphatic rings. The van der Waals surface area contributed by atoms with Gasteiger partial charge in [0.1, 0.15) is 12.1 Å². The highest BCUT2D eigenvalue weighted by Crippen LogP contribution is 2.18. The Morgan fingerprint density at radius 1 is 1.10 bits per heavy atom. The molecule has 1 fully saturated rings. The van der Waals surface area contributed by atoms with Crippen LogP contribution in [0.5, 0.6) is 0 Å². The van der Waals surface area contributed by atoms with Gasteiger partial charge in [-0.15, -0.1) is 0 Å². The van der Waals surface area contributed by atoms with Gasteiger partial charge in [-0.2, -0.15) is 0 Å². The fourth-order valence-electron chi connectivity index (χ4n) is 3.59. The maximum Gasteiger partial charge on any atom is 0.410 e. The molecular weight excluding hydrogens is 368 g/mol. The number of rotatable bonds is 5. The van der Waals surface area contributed by atoms with E-state index in [1.165, 1.54) is 0 Å². The van der Waals surface area contributed by atoms with Crippen molar-refractivity contribution in [3.05, 3.63) is 36.0 Å². The fraction of sp³-hybridized carbons (Fsp3) is 0.545. The number of amides is 2. The second-order valence-electron chi connectivity index (χ2n) is 8.59. The van der Waals surface area contributed by atoms with Crippen LogP contribution in [0, 0.1) is 6.92 Å². The molecule has 3 rings (SSSR count). The number of fused-ring (bicyclic) bond motifs is 1. The highest BCUT2D eigenvalue weighted by atomic mass is 16.6. The minimum atomic E-state index is -0.470. The Bertz CT molecular complexity index is 861. The van der Waals surface area contributed by atoms with Gasteiger partial charge in [-0.05, 0) is 45.2 Å². The van der Waals surface area contributed by atoms with Crippen LogP contribution >= 0.6 is 0 Å². The average molecular weight is 401 g/mol. The standard InChI is InChI=1S/C22H32N4O3/c1-17-15-18-7-5-6-8-19(18)26(17)16-20(27)23-9-10-24-11-13-25(14-12-24)21(28)29-22(2,3)4/h5-8,15H,9-14,16H2,1-4H3,(H,23,27). The molecule has 0 bridgehead atoms. The summed E-state index contributed by atoms with van der Waals surface area (Å²) in [5.74, 6) is 0.0156. The molecule has 0 spiro atoms. The van der Waals surface area contributed by atoms with Crippen molar-refractivity contribution in [1.82, 2.24) is 19.7 Å². The van der Waals surface area contributed by atoms with Crippen molar-refractivity contribution in [2.75, 3.05) is 39.3 Å². The molecule has 2 heterocycles. The summed E-state index contributed by atoms with van der Waals surface area (Å²) in [6.45, 7) is 12.2. The van der Waals surface area contributed by atoms with Crippen LogP contribution in [0.15, 0.2) is 30.3 Å². The van der Waals surface area contributed by atoms with Gasteiger partial charge in [0.25, 0.3) is 0 Å². The van der Waals surface area contributed by atoms with Gasteiger partial charge in [-0.25, -0.2) is 4.79 Å². The highest BCUT2D eigenvalue weighted by Gasteiger charge is 2.25. The van der Waals surface area contributed by atoms with Crippen LogP contribution in [0.4, 0.5) is 4.79 Å². The molecule has 1 aliphatic heterocycles. The van der Waals surface area contributed by atoms with Crippen LogP contribution in [0.25, 0.3) is 10.9 Å². The molecule has 0 unspecified atom stereocenters. The van der Waals surface area contributed by atoms with Crippen molar-refractivity contribution >= 4 is 22.9 Å². The smallest absolute Gasteiger partial charge is 0.410 e. The number of hydrogen-bond acceptors (Lipinski definition) is 4. The Morgan fingerprint density at radius 3 is 2.48 bits per heavy atom. The van der Waals surface area contributed by atoms with Gasteiger partial charge in [-0.1, -0.05) is 18.2 Å². The predicted octanol–water partition coefficient (Wildman–Crippen LogP) is 2.62. The number of carbonyl (C=O) groups is 2. The minimum Gasteiger partial charge on any atom is -0.444 e. The number of aromatic nitrogens is 1. The summed E-state index contributed by atoms with van der Waals surface area (Å²) >= 11 is 0. The monoisotopic (exact) mass is 400 g/mol. The topological polar surface area (TPSA) is 66.8 Å². The maximum atomic E-state index is 12.4. The number of piperazine rings is 1. The molecular formula is C22H32N4O3. The molecule has 1 saturated heterocycles. The third-order valence-corrected chi connectivity index (χ3v) is 5.09. The van der Waals surface area contributed by atoms with Gasteiger partial charge in [-0.3, -0.25) is 9.69 Å².